The third kappa shape index (κ3) is 20.6. The number of phenols is 3. The van der Waals surface area contributed by atoms with E-state index in [9.17, 15) is 92.7 Å². The number of hydrogen-bond acceptors (Lipinski definition) is 23. The zero-order valence-corrected chi connectivity index (χ0v) is 70.2. The van der Waals surface area contributed by atoms with Gasteiger partial charge in [0.1, 0.15) is 77.5 Å². The summed E-state index contributed by atoms with van der Waals surface area (Å²) in [6, 6.07) is 61.5. The molecule has 0 saturated heterocycles. The molecule has 0 radical (unpaired) electrons. The monoisotopic (exact) mass is 1790 g/mol. The first-order valence-electron chi connectivity index (χ1n) is 40.0. The molecule has 0 fully saturated rings. The van der Waals surface area contributed by atoms with Gasteiger partial charge in [-0.05, 0) is 211 Å². The Morgan fingerprint density at radius 2 is 0.545 bits per heavy atom. The molecule has 6 aliphatic rings. The van der Waals surface area contributed by atoms with Gasteiger partial charge in [0.2, 0.25) is 0 Å². The van der Waals surface area contributed by atoms with Crippen molar-refractivity contribution < 1.29 is 122 Å². The number of rotatable bonds is 28. The van der Waals surface area contributed by atoms with Crippen LogP contribution in [0.2, 0.25) is 0 Å². The van der Waals surface area contributed by atoms with Gasteiger partial charge in [0, 0.05) is 171 Å². The van der Waals surface area contributed by atoms with Crippen molar-refractivity contribution >= 4 is 133 Å². The molecule has 0 unspecified atom stereocenters. The van der Waals surface area contributed by atoms with Gasteiger partial charge in [-0.2, -0.15) is 0 Å². The molecule has 0 atom stereocenters. The summed E-state index contributed by atoms with van der Waals surface area (Å²) in [5.41, 5.74) is 9.22. The fourth-order valence-electron chi connectivity index (χ4n) is 15.1. The van der Waals surface area contributed by atoms with Crippen LogP contribution in [0, 0.1) is 6.92 Å². The van der Waals surface area contributed by atoms with Gasteiger partial charge in [0.05, 0.1) is 24.0 Å². The smallest absolute Gasteiger partial charge is 0.336 e. The number of aromatic hydroxyl groups is 3. The Kier molecular flexibility index (Phi) is 27.0. The first-order valence-corrected chi connectivity index (χ1v) is 40.0. The number of aryl methyl sites for hydroxylation is 1. The fourth-order valence-corrected chi connectivity index (χ4v) is 15.1. The molecule has 0 saturated carbocycles. The molecule has 0 aromatic heterocycles. The average molecular weight is 1790 g/mol. The number of carboxylic acids is 8. The Morgan fingerprint density at radius 1 is 0.280 bits per heavy atom. The number of carbonyl (C=O) groups is 11. The van der Waals surface area contributed by atoms with Crippen LogP contribution in [0.15, 0.2) is 264 Å². The molecule has 132 heavy (non-hydrogen) atoms. The lowest BCUT2D eigenvalue weighted by molar-refractivity contribution is -0.142. The predicted molar refractivity (Wildman–Crippen MR) is 484 cm³/mol. The third-order valence-electron chi connectivity index (χ3n) is 21.5. The highest BCUT2D eigenvalue weighted by atomic mass is 16.4. The average Bonchev–Trinajstić information content (AvgIpc) is 0.745. The van der Waals surface area contributed by atoms with Gasteiger partial charge >= 0.3 is 47.8 Å². The van der Waals surface area contributed by atoms with Gasteiger partial charge in [-0.3, -0.25) is 57.5 Å². The van der Waals surface area contributed by atoms with Crippen molar-refractivity contribution in [2.75, 3.05) is 75.1 Å². The Balaban J connectivity index is 0.000000168. The quantitative estimate of drug-likeness (QED) is 0.0203. The van der Waals surface area contributed by atoms with Crippen molar-refractivity contribution in [3.63, 3.8) is 0 Å². The van der Waals surface area contributed by atoms with Crippen LogP contribution in [0.1, 0.15) is 70.2 Å². The summed E-state index contributed by atoms with van der Waals surface area (Å²) in [6.45, 7) is -2.03. The number of aromatic carboxylic acids is 2. The van der Waals surface area contributed by atoms with Crippen LogP contribution in [0.3, 0.4) is 0 Å². The van der Waals surface area contributed by atoms with Crippen molar-refractivity contribution in [2.24, 2.45) is 0 Å². The van der Waals surface area contributed by atoms with Gasteiger partial charge in [0.15, 0.2) is 16.3 Å². The van der Waals surface area contributed by atoms with Gasteiger partial charge in [0.25, 0.3) is 17.7 Å². The van der Waals surface area contributed by atoms with Crippen molar-refractivity contribution in [2.45, 2.75) is 19.8 Å². The second kappa shape index (κ2) is 38.9. The maximum absolute atomic E-state index is 13.4. The molecule has 34 nitrogen and oxygen atoms in total. The van der Waals surface area contributed by atoms with Crippen LogP contribution in [0.4, 0.5) is 34.1 Å². The van der Waals surface area contributed by atoms with Crippen LogP contribution in [0.5, 0.6) is 17.2 Å². The number of carboxylic acid groups (broad SMARTS) is 8. The van der Waals surface area contributed by atoms with E-state index in [1.165, 1.54) is 84.9 Å². The lowest BCUT2D eigenvalue weighted by atomic mass is 9.89. The molecule has 0 bridgehead atoms. The largest absolute Gasteiger partial charge is 0.508 e. The van der Waals surface area contributed by atoms with E-state index in [2.05, 4.69) is 0 Å². The maximum Gasteiger partial charge on any atom is 0.336 e. The minimum Gasteiger partial charge on any atom is -0.508 e. The summed E-state index contributed by atoms with van der Waals surface area (Å²) in [7, 11) is 5.50. The molecule has 9 aromatic carbocycles. The highest BCUT2D eigenvalue weighted by Gasteiger charge is 2.31. The lowest BCUT2D eigenvalue weighted by Gasteiger charge is -2.23. The van der Waals surface area contributed by atoms with Crippen molar-refractivity contribution in [3.05, 3.63) is 301 Å². The van der Waals surface area contributed by atoms with E-state index >= 15 is 0 Å². The molecule has 11 N–H and O–H groups in total. The number of amides is 3. The number of phenolic OH excluding ortho intramolecular Hbond substituents is 3. The number of benzene rings is 12. The van der Waals surface area contributed by atoms with Crippen molar-refractivity contribution in [1.82, 2.24) is 14.7 Å². The minimum atomic E-state index is -1.44. The molecule has 34 heteroatoms. The Hall–Kier alpha value is -18.0. The molecule has 3 heterocycles. The molecule has 0 spiro atoms. The number of carbonyl (C=O) groups excluding carboxylic acids is 3. The van der Waals surface area contributed by atoms with Gasteiger partial charge in [-0.1, -0.05) is 18.2 Å². The van der Waals surface area contributed by atoms with Crippen molar-refractivity contribution in [1.29, 1.82) is 0 Å². The number of nitrogens with zero attached hydrogens (tertiary/aromatic N) is 6. The summed E-state index contributed by atoms with van der Waals surface area (Å²) in [5, 5.41) is 106. The van der Waals surface area contributed by atoms with Gasteiger partial charge < -0.3 is 98.8 Å². The fraction of sp³-hybridized carbons (Fsp3) is 0.122. The summed E-state index contributed by atoms with van der Waals surface area (Å²) in [5.74, 6) is -11.9. The predicted octanol–water partition coefficient (Wildman–Crippen LogP) is 14.4. The summed E-state index contributed by atoms with van der Waals surface area (Å²) in [4.78, 5) is 177. The molecule has 668 valence electrons. The first-order chi connectivity index (χ1) is 62.9. The zero-order chi connectivity index (χ0) is 95.0. The topological polar surface area (TPSA) is 520 Å². The normalized spacial score (nSPS) is 11.0. The van der Waals surface area contributed by atoms with E-state index in [0.29, 0.717) is 82.9 Å². The standard InChI is InChI=1S/C34H28N2O10.C32H24N2O10.C32H26N2O8/c1-35(20-3-6-22(37)7-4-20)21-5-10-25-28(17-21)46-29-18-23(38)8-11-26(29)32(25)24-9-2-19(16-27(24)34(44)45)33(43)36(14-12-30(39)40)15-13-31(41)42;1-33(18-3-6-20(35)7-4-18)19-5-10-23-26(13-19)44-27-14-21(36)8-11-24(27)30(23)22-9-2-17(12-25(22)32(42)43)31(41)34(15-28(37)38)16-29(39)40;1-18-13-19(32(41)34(16-29(37)38)17-30(39)40)3-10-24(18)31-25-11-6-21(33(2)20-4-7-22(35)8-5-20)14-27(25)42-28-15-23(36)9-12-26(28)31/h2-11,16-18,37H,12-15H2,1H3,(H,39,40)(H,41,42)(H,44,45);2-14,35H,15-16H2,1H3,(H,37,38)(H,39,40)(H,42,43);3-15,35H,16-17H2,1-2H3,(H,37,38)(H,39,40). The molecular formula is C98H78N6O28. The van der Waals surface area contributed by atoms with E-state index < -0.39 is 104 Å². The van der Waals surface area contributed by atoms with Crippen LogP contribution < -0.4 is 31.0 Å². The zero-order valence-electron chi connectivity index (χ0n) is 70.2. The number of hydrogen-bond donors (Lipinski definition) is 11. The summed E-state index contributed by atoms with van der Waals surface area (Å²) >= 11 is 0. The second-order valence-corrected chi connectivity index (χ2v) is 30.3. The van der Waals surface area contributed by atoms with E-state index in [0.717, 1.165) is 55.1 Å². The summed E-state index contributed by atoms with van der Waals surface area (Å²) in [6.07, 6.45) is -0.849. The van der Waals surface area contributed by atoms with Crippen LogP contribution in [-0.4, -0.2) is 197 Å². The first kappa shape index (κ1) is 91.7. The van der Waals surface area contributed by atoms with Crippen LogP contribution in [-0.2, 0) is 28.8 Å². The lowest BCUT2D eigenvalue weighted by Crippen LogP contribution is -2.39. The van der Waals surface area contributed by atoms with Crippen molar-refractivity contribution in [3.8, 4) is 84.6 Å². The SMILES string of the molecule is CN(c1ccc(O)cc1)c1ccc2c(-c3ccc(C(=O)N(CC(=O)O)CC(=O)O)cc3C(=O)O)c3ccc(=O)cc-3oc2c1.CN(c1ccc(O)cc1)c1ccc2c(-c3ccc(C(=O)N(CCC(=O)O)CCC(=O)O)cc3C(=O)O)c3ccc(=O)cc-3oc2c1.Cc1cc(C(=O)N(CC(=O)O)CC(=O)O)ccc1-c1c2ccc(=O)cc-2oc2cc(N(C)c3ccc(O)cc3)ccc12. The number of aliphatic carboxylic acids is 6. The highest BCUT2D eigenvalue weighted by molar-refractivity contribution is 6.12. The molecule has 3 aliphatic heterocycles. The number of anilines is 6. The van der Waals surface area contributed by atoms with Crippen LogP contribution in [0.25, 0.3) is 100 Å². The molecule has 15 rings (SSSR count). The second-order valence-electron chi connectivity index (χ2n) is 30.3. The van der Waals surface area contributed by atoms with E-state index in [1.807, 2.05) is 60.1 Å². The van der Waals surface area contributed by atoms with Gasteiger partial charge in [-0.25, -0.2) is 9.59 Å². The van der Waals surface area contributed by atoms with E-state index in [4.69, 9.17) is 43.9 Å². The third-order valence-corrected chi connectivity index (χ3v) is 21.5. The molecule has 3 aliphatic carbocycles. The summed E-state index contributed by atoms with van der Waals surface area (Å²) < 4.78 is 18.5. The molecule has 9 aromatic rings. The molecular weight excluding hydrogens is 1710 g/mol. The molecule has 3 amide bonds. The van der Waals surface area contributed by atoms with Crippen LogP contribution >= 0.6 is 0 Å². The highest BCUT2D eigenvalue weighted by Crippen LogP contribution is 2.47. The van der Waals surface area contributed by atoms with E-state index in [1.54, 1.807) is 128 Å². The Morgan fingerprint density at radius 3 is 0.826 bits per heavy atom. The van der Waals surface area contributed by atoms with E-state index in [-0.39, 0.29) is 97.1 Å². The Bertz CT molecular complexity index is 7180. The maximum atomic E-state index is 13.4. The number of fused-ring (bicyclic) bond motifs is 6. The Labute approximate surface area is 745 Å². The van der Waals surface area contributed by atoms with Gasteiger partial charge in [-0.15, -0.1) is 0 Å². The minimum absolute atomic E-state index is 0.0641.